The topological polar surface area (TPSA) is 101 Å². The zero-order valence-corrected chi connectivity index (χ0v) is 11.5. The van der Waals surface area contributed by atoms with Gasteiger partial charge in [0.2, 0.25) is 15.9 Å². The lowest BCUT2D eigenvalue weighted by atomic mass is 10.3. The third-order valence-corrected chi connectivity index (χ3v) is 4.40. The molecule has 1 saturated carbocycles. The van der Waals surface area contributed by atoms with E-state index in [1.165, 1.54) is 0 Å². The van der Waals surface area contributed by atoms with Gasteiger partial charge in [-0.2, -0.15) is 0 Å². The summed E-state index contributed by atoms with van der Waals surface area (Å²) in [6, 6.07) is 3.19. The molecule has 0 bridgehead atoms. The Morgan fingerprint density at radius 2 is 2.05 bits per heavy atom. The van der Waals surface area contributed by atoms with Crippen LogP contribution in [0.4, 0.5) is 10.1 Å². The van der Waals surface area contributed by atoms with Gasteiger partial charge in [0, 0.05) is 19.0 Å². The van der Waals surface area contributed by atoms with Gasteiger partial charge in [0.15, 0.2) is 0 Å². The van der Waals surface area contributed by atoms with Gasteiger partial charge in [-0.25, -0.2) is 17.5 Å². The molecule has 1 aliphatic carbocycles. The molecular formula is C12H16FN3O3S. The van der Waals surface area contributed by atoms with Crippen molar-refractivity contribution in [3.8, 4) is 0 Å². The van der Waals surface area contributed by atoms with Gasteiger partial charge >= 0.3 is 0 Å². The Labute approximate surface area is 116 Å². The zero-order valence-electron chi connectivity index (χ0n) is 10.7. The van der Waals surface area contributed by atoms with E-state index in [1.54, 1.807) is 0 Å². The largest absolute Gasteiger partial charge is 0.396 e. The van der Waals surface area contributed by atoms with Crippen molar-refractivity contribution >= 4 is 21.6 Å². The number of nitrogen functional groups attached to an aromatic ring is 1. The molecule has 1 amide bonds. The molecule has 2 rings (SSSR count). The number of hydrogen-bond donors (Lipinski definition) is 3. The number of nitrogens with one attached hydrogen (secondary N) is 2. The van der Waals surface area contributed by atoms with Crippen molar-refractivity contribution in [3.05, 3.63) is 24.0 Å². The first-order valence-corrected chi connectivity index (χ1v) is 7.71. The molecule has 1 fully saturated rings. The van der Waals surface area contributed by atoms with Gasteiger partial charge < -0.3 is 11.1 Å². The van der Waals surface area contributed by atoms with Gasteiger partial charge in [-0.15, -0.1) is 0 Å². The number of halogens is 1. The fourth-order valence-corrected chi connectivity index (χ4v) is 2.70. The van der Waals surface area contributed by atoms with E-state index in [0.717, 1.165) is 31.0 Å². The summed E-state index contributed by atoms with van der Waals surface area (Å²) in [6.07, 6.45) is 1.79. The number of hydrogen-bond acceptors (Lipinski definition) is 4. The molecule has 0 unspecified atom stereocenters. The zero-order chi connectivity index (χ0) is 14.8. The van der Waals surface area contributed by atoms with E-state index in [1.807, 2.05) is 0 Å². The number of carbonyl (C=O) groups is 1. The molecule has 4 N–H and O–H groups in total. The highest BCUT2D eigenvalue weighted by atomic mass is 32.2. The number of anilines is 1. The molecule has 0 spiro atoms. The van der Waals surface area contributed by atoms with E-state index in [-0.39, 0.29) is 35.5 Å². The predicted octanol–water partition coefficient (Wildman–Crippen LogP) is 0.212. The normalized spacial score (nSPS) is 15.1. The molecule has 1 aromatic carbocycles. The second-order valence-electron chi connectivity index (χ2n) is 4.65. The van der Waals surface area contributed by atoms with Crippen molar-refractivity contribution in [3.63, 3.8) is 0 Å². The molecule has 0 atom stereocenters. The lowest BCUT2D eigenvalue weighted by Gasteiger charge is -2.08. The maximum atomic E-state index is 13.0. The SMILES string of the molecule is Nc1cc(S(=O)(=O)NCCNC(=O)C2CC2)ccc1F. The molecule has 0 heterocycles. The predicted molar refractivity (Wildman–Crippen MR) is 71.7 cm³/mol. The van der Waals surface area contributed by atoms with Gasteiger partial charge in [-0.3, -0.25) is 4.79 Å². The molecule has 1 aliphatic rings. The van der Waals surface area contributed by atoms with Gasteiger partial charge in [-0.05, 0) is 31.0 Å². The summed E-state index contributed by atoms with van der Waals surface area (Å²) in [5, 5.41) is 2.64. The molecule has 20 heavy (non-hydrogen) atoms. The first kappa shape index (κ1) is 14.7. The second kappa shape index (κ2) is 5.76. The minimum Gasteiger partial charge on any atom is -0.396 e. The van der Waals surface area contributed by atoms with E-state index in [9.17, 15) is 17.6 Å². The van der Waals surface area contributed by atoms with Gasteiger partial charge in [0.05, 0.1) is 10.6 Å². The Kier molecular flexibility index (Phi) is 4.24. The summed E-state index contributed by atoms with van der Waals surface area (Å²) < 4.78 is 39.1. The number of amides is 1. The van der Waals surface area contributed by atoms with Crippen LogP contribution in [0.5, 0.6) is 0 Å². The third kappa shape index (κ3) is 3.67. The highest BCUT2D eigenvalue weighted by Gasteiger charge is 2.29. The molecule has 8 heteroatoms. The fourth-order valence-electron chi connectivity index (χ4n) is 1.63. The number of benzene rings is 1. The Hall–Kier alpha value is -1.67. The molecule has 1 aromatic rings. The summed E-state index contributed by atoms with van der Waals surface area (Å²) in [5.74, 6) is -0.626. The van der Waals surface area contributed by atoms with Gasteiger partial charge in [-0.1, -0.05) is 0 Å². The average Bonchev–Trinajstić information content (AvgIpc) is 3.22. The summed E-state index contributed by atoms with van der Waals surface area (Å²) in [5.41, 5.74) is 5.10. The molecule has 0 radical (unpaired) electrons. The Balaban J connectivity index is 1.86. The summed E-state index contributed by atoms with van der Waals surface area (Å²) in [7, 11) is -3.75. The van der Waals surface area contributed by atoms with E-state index < -0.39 is 15.8 Å². The van der Waals surface area contributed by atoms with Crippen LogP contribution in [0.3, 0.4) is 0 Å². The van der Waals surface area contributed by atoms with Crippen LogP contribution in [0.2, 0.25) is 0 Å². The van der Waals surface area contributed by atoms with Crippen LogP contribution in [-0.2, 0) is 14.8 Å². The summed E-state index contributed by atoms with van der Waals surface area (Å²) in [4.78, 5) is 11.2. The van der Waals surface area contributed by atoms with Crippen molar-refractivity contribution in [2.24, 2.45) is 5.92 Å². The van der Waals surface area contributed by atoms with E-state index in [4.69, 9.17) is 5.73 Å². The molecule has 0 aromatic heterocycles. The van der Waals surface area contributed by atoms with E-state index >= 15 is 0 Å². The molecular weight excluding hydrogens is 285 g/mol. The van der Waals surface area contributed by atoms with E-state index in [2.05, 4.69) is 10.0 Å². The highest BCUT2D eigenvalue weighted by Crippen LogP contribution is 2.28. The van der Waals surface area contributed by atoms with Crippen molar-refractivity contribution in [1.29, 1.82) is 0 Å². The number of nitrogens with two attached hydrogens (primary N) is 1. The van der Waals surface area contributed by atoms with Crippen LogP contribution in [0.25, 0.3) is 0 Å². The number of carbonyl (C=O) groups excluding carboxylic acids is 1. The van der Waals surface area contributed by atoms with Crippen molar-refractivity contribution in [1.82, 2.24) is 10.0 Å². The van der Waals surface area contributed by atoms with Crippen LogP contribution in [0.15, 0.2) is 23.1 Å². The Morgan fingerprint density at radius 1 is 1.35 bits per heavy atom. The molecule has 0 saturated heterocycles. The van der Waals surface area contributed by atoms with Gasteiger partial charge in [0.1, 0.15) is 5.82 Å². The fraction of sp³-hybridized carbons (Fsp3) is 0.417. The molecule has 110 valence electrons. The first-order chi connectivity index (χ1) is 9.40. The lowest BCUT2D eigenvalue weighted by molar-refractivity contribution is -0.122. The van der Waals surface area contributed by atoms with Crippen LogP contribution in [0, 0.1) is 11.7 Å². The quantitative estimate of drug-likeness (QED) is 0.516. The summed E-state index contributed by atoms with van der Waals surface area (Å²) in [6.45, 7) is 0.281. The third-order valence-electron chi connectivity index (χ3n) is 2.94. The molecule has 0 aliphatic heterocycles. The van der Waals surface area contributed by atoms with Crippen LogP contribution in [0.1, 0.15) is 12.8 Å². The smallest absolute Gasteiger partial charge is 0.240 e. The Morgan fingerprint density at radius 3 is 2.65 bits per heavy atom. The Bertz CT molecular complexity index is 614. The summed E-state index contributed by atoms with van der Waals surface area (Å²) >= 11 is 0. The van der Waals surface area contributed by atoms with Crippen LogP contribution in [-0.4, -0.2) is 27.4 Å². The monoisotopic (exact) mass is 301 g/mol. The van der Waals surface area contributed by atoms with Crippen molar-refractivity contribution in [2.75, 3.05) is 18.8 Å². The highest BCUT2D eigenvalue weighted by molar-refractivity contribution is 7.89. The lowest BCUT2D eigenvalue weighted by Crippen LogP contribution is -2.35. The van der Waals surface area contributed by atoms with Crippen molar-refractivity contribution in [2.45, 2.75) is 17.7 Å². The minimum atomic E-state index is -3.75. The second-order valence-corrected chi connectivity index (χ2v) is 6.41. The van der Waals surface area contributed by atoms with Crippen LogP contribution < -0.4 is 15.8 Å². The molecule has 6 nitrogen and oxygen atoms in total. The van der Waals surface area contributed by atoms with Gasteiger partial charge in [0.25, 0.3) is 0 Å². The average molecular weight is 301 g/mol. The first-order valence-electron chi connectivity index (χ1n) is 6.22. The standard InChI is InChI=1S/C12H16FN3O3S/c13-10-4-3-9(7-11(10)14)20(18,19)16-6-5-15-12(17)8-1-2-8/h3-4,7-8,16H,1-2,5-6,14H2,(H,15,17). The minimum absolute atomic E-state index is 0.0461. The van der Waals surface area contributed by atoms with Crippen LogP contribution >= 0.6 is 0 Å². The maximum absolute atomic E-state index is 13.0. The maximum Gasteiger partial charge on any atom is 0.240 e. The van der Waals surface area contributed by atoms with Crippen molar-refractivity contribution < 1.29 is 17.6 Å². The number of rotatable bonds is 6. The van der Waals surface area contributed by atoms with E-state index in [0.29, 0.717) is 0 Å². The number of sulfonamides is 1.